The van der Waals surface area contributed by atoms with Gasteiger partial charge in [-0.05, 0) is 18.4 Å². The maximum atomic E-state index is 13.1. The average Bonchev–Trinajstić information content (AvgIpc) is 3.21. The van der Waals surface area contributed by atoms with Gasteiger partial charge in [-0.3, -0.25) is 9.36 Å². The van der Waals surface area contributed by atoms with E-state index in [1.165, 1.54) is 34.2 Å². The molecule has 1 unspecified atom stereocenters. The van der Waals surface area contributed by atoms with Gasteiger partial charge in [0.15, 0.2) is 0 Å². The second kappa shape index (κ2) is 6.84. The predicted octanol–water partition coefficient (Wildman–Crippen LogP) is 3.02. The van der Waals surface area contributed by atoms with Crippen molar-refractivity contribution in [3.05, 3.63) is 39.1 Å². The minimum Gasteiger partial charge on any atom is -0.480 e. The molecule has 8 heteroatoms. The van der Waals surface area contributed by atoms with Gasteiger partial charge in [-0.15, -0.1) is 22.7 Å². The first-order valence-electron chi connectivity index (χ1n) is 7.32. The van der Waals surface area contributed by atoms with E-state index in [9.17, 15) is 14.7 Å². The van der Waals surface area contributed by atoms with Crippen molar-refractivity contribution < 1.29 is 14.6 Å². The van der Waals surface area contributed by atoms with Gasteiger partial charge < -0.3 is 9.84 Å². The molecule has 0 aromatic carbocycles. The van der Waals surface area contributed by atoms with Crippen molar-refractivity contribution in [1.82, 2.24) is 9.55 Å². The zero-order valence-corrected chi connectivity index (χ0v) is 14.8. The van der Waals surface area contributed by atoms with E-state index in [0.717, 1.165) is 10.4 Å². The van der Waals surface area contributed by atoms with Gasteiger partial charge in [0.1, 0.15) is 16.7 Å². The van der Waals surface area contributed by atoms with Crippen LogP contribution in [0.25, 0.3) is 20.7 Å². The number of carboxylic acids is 1. The number of aliphatic carboxylic acids is 1. The molecule has 1 N–H and O–H groups in total. The van der Waals surface area contributed by atoms with E-state index in [0.29, 0.717) is 29.1 Å². The predicted molar refractivity (Wildman–Crippen MR) is 95.1 cm³/mol. The summed E-state index contributed by atoms with van der Waals surface area (Å²) in [6.45, 7) is 1.86. The number of hydrogen-bond acceptors (Lipinski definition) is 6. The molecule has 0 aliphatic rings. The molecule has 0 radical (unpaired) electrons. The molecular formula is C16H16N2O4S2. The van der Waals surface area contributed by atoms with Crippen LogP contribution in [0.15, 0.2) is 27.7 Å². The number of nitrogens with zero attached hydrogens (tertiary/aromatic N) is 2. The Balaban J connectivity index is 2.28. The smallest absolute Gasteiger partial charge is 0.326 e. The Morgan fingerprint density at radius 1 is 1.46 bits per heavy atom. The lowest BCUT2D eigenvalue weighted by Crippen LogP contribution is -2.32. The Kier molecular flexibility index (Phi) is 4.79. The molecule has 0 aliphatic carbocycles. The van der Waals surface area contributed by atoms with Gasteiger partial charge in [-0.1, -0.05) is 6.07 Å². The summed E-state index contributed by atoms with van der Waals surface area (Å²) < 4.78 is 6.33. The number of thiophene rings is 2. The second-order valence-corrected chi connectivity index (χ2v) is 7.07. The maximum Gasteiger partial charge on any atom is 0.326 e. The van der Waals surface area contributed by atoms with Gasteiger partial charge in [-0.25, -0.2) is 9.78 Å². The van der Waals surface area contributed by atoms with Gasteiger partial charge in [-0.2, -0.15) is 0 Å². The van der Waals surface area contributed by atoms with Gasteiger partial charge >= 0.3 is 5.97 Å². The van der Waals surface area contributed by atoms with E-state index >= 15 is 0 Å². The number of ether oxygens (including phenoxy) is 1. The summed E-state index contributed by atoms with van der Waals surface area (Å²) in [4.78, 5) is 30.7. The summed E-state index contributed by atoms with van der Waals surface area (Å²) in [6, 6.07) is 2.87. The minimum absolute atomic E-state index is 0.314. The van der Waals surface area contributed by atoms with Crippen molar-refractivity contribution in [1.29, 1.82) is 0 Å². The van der Waals surface area contributed by atoms with Crippen molar-refractivity contribution >= 4 is 38.9 Å². The van der Waals surface area contributed by atoms with Crippen LogP contribution < -0.4 is 5.56 Å². The standard InChI is InChI=1S/C16H16N2O4S2/c1-9(16(20)21)18-12(5-6-22-2)17-14-13(15(18)19)10(8-24-14)11-4-3-7-23-11/h3-4,7-9H,5-6H2,1-2H3,(H,20,21). The maximum absolute atomic E-state index is 13.1. The molecule has 3 aromatic rings. The highest BCUT2D eigenvalue weighted by molar-refractivity contribution is 7.18. The molecule has 1 atom stereocenters. The fraction of sp³-hybridized carbons (Fsp3) is 0.312. The molecule has 3 rings (SSSR count). The van der Waals surface area contributed by atoms with Crippen LogP contribution in [0.1, 0.15) is 18.8 Å². The van der Waals surface area contributed by atoms with Crippen molar-refractivity contribution in [2.75, 3.05) is 13.7 Å². The van der Waals surface area contributed by atoms with Crippen molar-refractivity contribution in [3.8, 4) is 10.4 Å². The van der Waals surface area contributed by atoms with Crippen molar-refractivity contribution in [2.45, 2.75) is 19.4 Å². The summed E-state index contributed by atoms with van der Waals surface area (Å²) in [5.74, 6) is -0.631. The summed E-state index contributed by atoms with van der Waals surface area (Å²) in [5, 5.41) is 13.7. The topological polar surface area (TPSA) is 81.4 Å². The first-order valence-corrected chi connectivity index (χ1v) is 9.08. The number of aromatic nitrogens is 2. The van der Waals surface area contributed by atoms with Gasteiger partial charge in [0.05, 0.1) is 12.0 Å². The van der Waals surface area contributed by atoms with Crippen molar-refractivity contribution in [2.24, 2.45) is 0 Å². The summed E-state index contributed by atoms with van der Waals surface area (Å²) in [7, 11) is 1.56. The molecule has 0 fully saturated rings. The largest absolute Gasteiger partial charge is 0.480 e. The summed E-state index contributed by atoms with van der Waals surface area (Å²) >= 11 is 2.93. The summed E-state index contributed by atoms with van der Waals surface area (Å²) in [6.07, 6.45) is 0.380. The molecule has 0 amide bonds. The molecule has 0 aliphatic heterocycles. The lowest BCUT2D eigenvalue weighted by molar-refractivity contribution is -0.140. The van der Waals surface area contributed by atoms with Gasteiger partial charge in [0.2, 0.25) is 0 Å². The Labute approximate surface area is 146 Å². The van der Waals surface area contributed by atoms with Crippen LogP contribution in [0.2, 0.25) is 0 Å². The lowest BCUT2D eigenvalue weighted by Gasteiger charge is -2.16. The zero-order chi connectivity index (χ0) is 17.3. The van der Waals surface area contributed by atoms with Crippen LogP contribution in [0.3, 0.4) is 0 Å². The first kappa shape index (κ1) is 16.8. The Morgan fingerprint density at radius 2 is 2.25 bits per heavy atom. The first-order chi connectivity index (χ1) is 11.5. The third-order valence-corrected chi connectivity index (χ3v) is 5.55. The SMILES string of the molecule is COCCc1nc2scc(-c3cccs3)c2c(=O)n1C(C)C(=O)O. The quantitative estimate of drug-likeness (QED) is 0.727. The molecule has 0 spiro atoms. The highest BCUT2D eigenvalue weighted by atomic mass is 32.1. The number of rotatable bonds is 6. The Bertz CT molecular complexity index is 928. The Hall–Kier alpha value is -2.03. The van der Waals surface area contributed by atoms with Crippen LogP contribution in [0, 0.1) is 0 Å². The molecule has 6 nitrogen and oxygen atoms in total. The molecule has 3 aromatic heterocycles. The van der Waals surface area contributed by atoms with E-state index in [1.54, 1.807) is 7.11 Å². The molecule has 24 heavy (non-hydrogen) atoms. The Morgan fingerprint density at radius 3 is 2.88 bits per heavy atom. The highest BCUT2D eigenvalue weighted by Crippen LogP contribution is 2.34. The van der Waals surface area contributed by atoms with Crippen LogP contribution >= 0.6 is 22.7 Å². The van der Waals surface area contributed by atoms with Crippen LogP contribution in [-0.4, -0.2) is 34.3 Å². The van der Waals surface area contributed by atoms with Gasteiger partial charge in [0, 0.05) is 29.4 Å². The van der Waals surface area contributed by atoms with E-state index in [-0.39, 0.29) is 5.56 Å². The number of carboxylic acid groups (broad SMARTS) is 1. The van der Waals surface area contributed by atoms with E-state index in [4.69, 9.17) is 4.74 Å². The van der Waals surface area contributed by atoms with E-state index in [1.807, 2.05) is 22.9 Å². The molecule has 0 saturated carbocycles. The van der Waals surface area contributed by atoms with Gasteiger partial charge in [0.25, 0.3) is 5.56 Å². The lowest BCUT2D eigenvalue weighted by atomic mass is 10.2. The monoisotopic (exact) mass is 364 g/mol. The van der Waals surface area contributed by atoms with Crippen LogP contribution in [0.4, 0.5) is 0 Å². The number of hydrogen-bond donors (Lipinski definition) is 1. The highest BCUT2D eigenvalue weighted by Gasteiger charge is 2.23. The molecule has 3 heterocycles. The molecule has 0 saturated heterocycles. The second-order valence-electron chi connectivity index (χ2n) is 5.27. The van der Waals surface area contributed by atoms with Crippen molar-refractivity contribution in [3.63, 3.8) is 0 Å². The van der Waals surface area contributed by atoms with Crippen LogP contribution in [0.5, 0.6) is 0 Å². The number of fused-ring (bicyclic) bond motifs is 1. The van der Waals surface area contributed by atoms with E-state index < -0.39 is 12.0 Å². The zero-order valence-electron chi connectivity index (χ0n) is 13.2. The number of methoxy groups -OCH3 is 1. The molecule has 126 valence electrons. The molecule has 0 bridgehead atoms. The summed E-state index contributed by atoms with van der Waals surface area (Å²) in [5.41, 5.74) is 0.498. The van der Waals surface area contributed by atoms with E-state index in [2.05, 4.69) is 4.98 Å². The third kappa shape index (κ3) is 2.88. The number of carbonyl (C=O) groups is 1. The third-order valence-electron chi connectivity index (χ3n) is 3.77. The normalized spacial score (nSPS) is 12.6. The van der Waals surface area contributed by atoms with Crippen LogP contribution in [-0.2, 0) is 16.0 Å². The fourth-order valence-corrected chi connectivity index (χ4v) is 4.31. The fourth-order valence-electron chi connectivity index (χ4n) is 2.54. The molecular weight excluding hydrogens is 348 g/mol. The minimum atomic E-state index is -1.06. The average molecular weight is 364 g/mol.